The Hall–Kier alpha value is -3.08. The second-order valence-corrected chi connectivity index (χ2v) is 4.40. The number of nitrogens with zero attached hydrogens (tertiary/aromatic N) is 3. The summed E-state index contributed by atoms with van der Waals surface area (Å²) in [6.07, 6.45) is 6.63. The zero-order valence-electron chi connectivity index (χ0n) is 11.1. The number of primary amides is 1. The van der Waals surface area contributed by atoms with Crippen molar-refractivity contribution in [1.29, 1.82) is 0 Å². The van der Waals surface area contributed by atoms with Crippen LogP contribution in [0.3, 0.4) is 0 Å². The number of rotatable bonds is 3. The molecule has 0 aliphatic rings. The summed E-state index contributed by atoms with van der Waals surface area (Å²) in [5.41, 5.74) is 8.61. The molecule has 102 valence electrons. The van der Waals surface area contributed by atoms with Crippen LogP contribution < -0.4 is 5.73 Å². The molecule has 2 N–H and O–H groups in total. The molecule has 3 aromatic heterocycles. The second-order valence-electron chi connectivity index (χ2n) is 4.40. The molecular weight excluding hydrogens is 264 g/mol. The molecule has 0 bridgehead atoms. The molecule has 5 nitrogen and oxygen atoms in total. The van der Waals surface area contributed by atoms with Crippen molar-refractivity contribution < 1.29 is 4.79 Å². The van der Waals surface area contributed by atoms with Gasteiger partial charge in [-0.2, -0.15) is 0 Å². The van der Waals surface area contributed by atoms with Crippen molar-refractivity contribution in [2.45, 2.75) is 0 Å². The third-order valence-electron chi connectivity index (χ3n) is 3.10. The van der Waals surface area contributed by atoms with Crippen LogP contribution in [0.1, 0.15) is 10.4 Å². The first kappa shape index (κ1) is 12.9. The lowest BCUT2D eigenvalue weighted by Crippen LogP contribution is -2.15. The van der Waals surface area contributed by atoms with E-state index in [1.54, 1.807) is 43.0 Å². The molecule has 21 heavy (non-hydrogen) atoms. The minimum absolute atomic E-state index is 0.363. The molecular formula is C16H12N4O. The van der Waals surface area contributed by atoms with Crippen LogP contribution in [0.4, 0.5) is 0 Å². The number of carbonyl (C=O) groups is 1. The van der Waals surface area contributed by atoms with Gasteiger partial charge in [0.1, 0.15) is 5.69 Å². The van der Waals surface area contributed by atoms with Crippen molar-refractivity contribution in [2.75, 3.05) is 0 Å². The number of hydrogen-bond donors (Lipinski definition) is 1. The highest BCUT2D eigenvalue weighted by molar-refractivity contribution is 6.04. The molecule has 0 saturated heterocycles. The van der Waals surface area contributed by atoms with E-state index < -0.39 is 5.91 Å². The summed E-state index contributed by atoms with van der Waals surface area (Å²) in [6.45, 7) is 0. The Kier molecular flexibility index (Phi) is 3.39. The predicted molar refractivity (Wildman–Crippen MR) is 79.2 cm³/mol. The monoisotopic (exact) mass is 276 g/mol. The van der Waals surface area contributed by atoms with Gasteiger partial charge in [0.25, 0.3) is 5.91 Å². The fraction of sp³-hybridized carbons (Fsp3) is 0. The number of amides is 1. The summed E-state index contributed by atoms with van der Waals surface area (Å²) in [5.74, 6) is -0.532. The third-order valence-corrected chi connectivity index (χ3v) is 3.10. The van der Waals surface area contributed by atoms with E-state index in [0.29, 0.717) is 17.0 Å². The van der Waals surface area contributed by atoms with E-state index in [1.807, 2.05) is 18.2 Å². The van der Waals surface area contributed by atoms with Gasteiger partial charge in [0.2, 0.25) is 0 Å². The number of aromatic nitrogens is 3. The Bertz CT molecular complexity index is 715. The van der Waals surface area contributed by atoms with Crippen LogP contribution in [0.2, 0.25) is 0 Å². The average molecular weight is 276 g/mol. The van der Waals surface area contributed by atoms with Crippen molar-refractivity contribution in [3.63, 3.8) is 0 Å². The molecule has 0 fully saturated rings. The maximum absolute atomic E-state index is 11.9. The molecule has 0 aromatic carbocycles. The lowest BCUT2D eigenvalue weighted by atomic mass is 9.98. The van der Waals surface area contributed by atoms with Gasteiger partial charge >= 0.3 is 0 Å². The maximum Gasteiger partial charge on any atom is 0.251 e. The first-order chi connectivity index (χ1) is 10.3. The number of carbonyl (C=O) groups excluding carboxylic acids is 1. The first-order valence-electron chi connectivity index (χ1n) is 6.38. The van der Waals surface area contributed by atoms with Gasteiger partial charge in [-0.25, -0.2) is 0 Å². The first-order valence-corrected chi connectivity index (χ1v) is 6.38. The van der Waals surface area contributed by atoms with Gasteiger partial charge in [-0.3, -0.25) is 19.7 Å². The highest BCUT2D eigenvalue weighted by Crippen LogP contribution is 2.29. The topological polar surface area (TPSA) is 81.8 Å². The van der Waals surface area contributed by atoms with Gasteiger partial charge in [0, 0.05) is 24.8 Å². The standard InChI is InChI=1S/C16H12N4O/c17-16(21)14-12(11-4-8-18-9-5-11)6-10-20-15(14)13-3-1-2-7-19-13/h1-10H,(H2,17,21). The summed E-state index contributed by atoms with van der Waals surface area (Å²) < 4.78 is 0. The molecule has 0 aliphatic carbocycles. The fourth-order valence-corrected chi connectivity index (χ4v) is 2.18. The number of pyridine rings is 3. The molecule has 3 heterocycles. The molecule has 3 rings (SSSR count). The third kappa shape index (κ3) is 2.49. The SMILES string of the molecule is NC(=O)c1c(-c2ccncc2)ccnc1-c1ccccn1. The maximum atomic E-state index is 11.9. The van der Waals surface area contributed by atoms with E-state index in [-0.39, 0.29) is 0 Å². The number of nitrogens with two attached hydrogens (primary N) is 1. The van der Waals surface area contributed by atoms with Crippen LogP contribution in [-0.4, -0.2) is 20.9 Å². The van der Waals surface area contributed by atoms with Gasteiger partial charge < -0.3 is 5.73 Å². The normalized spacial score (nSPS) is 10.3. The highest BCUT2D eigenvalue weighted by Gasteiger charge is 2.18. The van der Waals surface area contributed by atoms with E-state index in [2.05, 4.69) is 15.0 Å². The molecule has 0 aliphatic heterocycles. The Morgan fingerprint density at radius 1 is 0.905 bits per heavy atom. The molecule has 0 atom stereocenters. The quantitative estimate of drug-likeness (QED) is 0.795. The van der Waals surface area contributed by atoms with Crippen molar-refractivity contribution in [3.8, 4) is 22.5 Å². The summed E-state index contributed by atoms with van der Waals surface area (Å²) in [7, 11) is 0. The second kappa shape index (κ2) is 5.50. The molecule has 0 saturated carbocycles. The van der Waals surface area contributed by atoms with Gasteiger partial charge in [-0.15, -0.1) is 0 Å². The van der Waals surface area contributed by atoms with Gasteiger partial charge in [-0.05, 0) is 41.5 Å². The zero-order chi connectivity index (χ0) is 14.7. The van der Waals surface area contributed by atoms with Gasteiger partial charge in [0.15, 0.2) is 0 Å². The van der Waals surface area contributed by atoms with Crippen LogP contribution >= 0.6 is 0 Å². The summed E-state index contributed by atoms with van der Waals surface area (Å²) in [6, 6.07) is 10.9. The molecule has 3 aromatic rings. The zero-order valence-corrected chi connectivity index (χ0v) is 11.1. The van der Waals surface area contributed by atoms with E-state index in [9.17, 15) is 4.79 Å². The molecule has 0 unspecified atom stereocenters. The Morgan fingerprint density at radius 3 is 2.38 bits per heavy atom. The van der Waals surface area contributed by atoms with Crippen LogP contribution in [-0.2, 0) is 0 Å². The lowest BCUT2D eigenvalue weighted by molar-refractivity contribution is 0.100. The molecule has 5 heteroatoms. The summed E-state index contributed by atoms with van der Waals surface area (Å²) in [4.78, 5) is 24.4. The minimum Gasteiger partial charge on any atom is -0.366 e. The van der Waals surface area contributed by atoms with Crippen LogP contribution in [0.25, 0.3) is 22.5 Å². The van der Waals surface area contributed by atoms with E-state index in [4.69, 9.17) is 5.73 Å². The van der Waals surface area contributed by atoms with Crippen molar-refractivity contribution >= 4 is 5.91 Å². The van der Waals surface area contributed by atoms with Gasteiger partial charge in [0.05, 0.1) is 11.3 Å². The van der Waals surface area contributed by atoms with E-state index >= 15 is 0 Å². The van der Waals surface area contributed by atoms with Crippen molar-refractivity contribution in [2.24, 2.45) is 5.73 Å². The molecule has 0 spiro atoms. The minimum atomic E-state index is -0.532. The molecule has 0 radical (unpaired) electrons. The van der Waals surface area contributed by atoms with Crippen molar-refractivity contribution in [3.05, 3.63) is 66.7 Å². The van der Waals surface area contributed by atoms with Crippen LogP contribution in [0.15, 0.2) is 61.2 Å². The molecule has 1 amide bonds. The Balaban J connectivity index is 2.26. The van der Waals surface area contributed by atoms with E-state index in [0.717, 1.165) is 11.1 Å². The average Bonchev–Trinajstić information content (AvgIpc) is 2.55. The largest absolute Gasteiger partial charge is 0.366 e. The summed E-state index contributed by atoms with van der Waals surface area (Å²) >= 11 is 0. The predicted octanol–water partition coefficient (Wildman–Crippen LogP) is 2.30. The van der Waals surface area contributed by atoms with Crippen molar-refractivity contribution in [1.82, 2.24) is 15.0 Å². The lowest BCUT2D eigenvalue weighted by Gasteiger charge is -2.11. The Morgan fingerprint density at radius 2 is 1.71 bits per heavy atom. The highest BCUT2D eigenvalue weighted by atomic mass is 16.1. The van der Waals surface area contributed by atoms with Crippen LogP contribution in [0.5, 0.6) is 0 Å². The Labute approximate surface area is 121 Å². The van der Waals surface area contributed by atoms with Crippen LogP contribution in [0, 0.1) is 0 Å². The smallest absolute Gasteiger partial charge is 0.251 e. The fourth-order valence-electron chi connectivity index (χ4n) is 2.18. The van der Waals surface area contributed by atoms with E-state index in [1.165, 1.54) is 0 Å². The summed E-state index contributed by atoms with van der Waals surface area (Å²) in [5, 5.41) is 0. The van der Waals surface area contributed by atoms with Gasteiger partial charge in [-0.1, -0.05) is 6.07 Å². The number of hydrogen-bond acceptors (Lipinski definition) is 4.